The molecule has 1 heterocycles. The van der Waals surface area contributed by atoms with Gasteiger partial charge in [-0.1, -0.05) is 24.3 Å². The second-order valence-electron chi connectivity index (χ2n) is 6.65. The number of hydrogen-bond donors (Lipinski definition) is 3. The molecule has 3 aromatic rings. The van der Waals surface area contributed by atoms with Gasteiger partial charge in [-0.05, 0) is 54.3 Å². The van der Waals surface area contributed by atoms with Crippen molar-refractivity contribution in [1.29, 1.82) is 0 Å². The number of carbonyl (C=O) groups is 1. The first-order valence-corrected chi connectivity index (χ1v) is 8.74. The molecular formula is C21H19FN4O. The van der Waals surface area contributed by atoms with E-state index in [9.17, 15) is 9.18 Å². The predicted octanol–water partition coefficient (Wildman–Crippen LogP) is 3.44. The van der Waals surface area contributed by atoms with Gasteiger partial charge in [0.2, 0.25) is 0 Å². The minimum atomic E-state index is -0.321. The van der Waals surface area contributed by atoms with Crippen LogP contribution in [0.25, 0.3) is 0 Å². The maximum atomic E-state index is 13.0. The molecule has 0 radical (unpaired) electrons. The Kier molecular flexibility index (Phi) is 4.46. The first-order chi connectivity index (χ1) is 13.1. The zero-order valence-electron chi connectivity index (χ0n) is 14.6. The van der Waals surface area contributed by atoms with Gasteiger partial charge in [-0.15, -0.1) is 0 Å². The number of fused-ring (bicyclic) bond motifs is 1. The number of halogens is 1. The average Bonchev–Trinajstić information content (AvgIpc) is 3.05. The first-order valence-electron chi connectivity index (χ1n) is 8.74. The summed E-state index contributed by atoms with van der Waals surface area (Å²) in [6.07, 6.45) is 1.62. The summed E-state index contributed by atoms with van der Waals surface area (Å²) < 4.78 is 13.0. The van der Waals surface area contributed by atoms with Crippen molar-refractivity contribution >= 4 is 23.1 Å². The van der Waals surface area contributed by atoms with E-state index in [1.165, 1.54) is 23.3 Å². The largest absolute Gasteiger partial charge is 0.399 e. The molecule has 2 aromatic carbocycles. The number of benzene rings is 2. The molecule has 0 saturated carbocycles. The smallest absolute Gasteiger partial charge is 0.270 e. The molecule has 0 spiro atoms. The van der Waals surface area contributed by atoms with Crippen LogP contribution in [0.3, 0.4) is 0 Å². The van der Waals surface area contributed by atoms with Gasteiger partial charge < -0.3 is 16.4 Å². The number of carbonyl (C=O) groups excluding carboxylic acids is 1. The highest BCUT2D eigenvalue weighted by molar-refractivity contribution is 5.94. The third-order valence-corrected chi connectivity index (χ3v) is 4.58. The van der Waals surface area contributed by atoms with Crippen LogP contribution < -0.4 is 16.4 Å². The zero-order chi connectivity index (χ0) is 18.8. The molecule has 1 aliphatic carbocycles. The number of hydrogen-bond acceptors (Lipinski definition) is 4. The molecule has 0 atom stereocenters. The lowest BCUT2D eigenvalue weighted by Crippen LogP contribution is -2.35. The summed E-state index contributed by atoms with van der Waals surface area (Å²) in [5, 5.41) is 6.07. The van der Waals surface area contributed by atoms with Crippen LogP contribution in [0.1, 0.15) is 21.6 Å². The molecule has 136 valence electrons. The number of nitrogens with one attached hydrogen (secondary N) is 2. The van der Waals surface area contributed by atoms with Crippen LogP contribution in [0.5, 0.6) is 0 Å². The molecule has 0 bridgehead atoms. The number of amides is 1. The molecule has 27 heavy (non-hydrogen) atoms. The van der Waals surface area contributed by atoms with Crippen LogP contribution in [0.15, 0.2) is 60.7 Å². The van der Waals surface area contributed by atoms with Crippen molar-refractivity contribution in [2.24, 2.45) is 0 Å². The van der Waals surface area contributed by atoms with E-state index in [0.29, 0.717) is 17.2 Å². The standard InChI is InChI=1S/C21H19FN4O/c22-15-5-7-17(8-6-15)24-20-12-16(23)11-19(26-20)21(27)25-18-9-13-3-1-2-4-14(13)10-18/h1-8,11-12,18H,9-10H2,(H,25,27)(H3,23,24,26). The fraction of sp³-hybridized carbons (Fsp3) is 0.143. The van der Waals surface area contributed by atoms with Crippen LogP contribution in [0.2, 0.25) is 0 Å². The van der Waals surface area contributed by atoms with Crippen molar-refractivity contribution in [3.63, 3.8) is 0 Å². The Balaban J connectivity index is 1.47. The van der Waals surface area contributed by atoms with Crippen LogP contribution >= 0.6 is 0 Å². The van der Waals surface area contributed by atoms with Crippen molar-refractivity contribution in [2.75, 3.05) is 11.1 Å². The topological polar surface area (TPSA) is 80.0 Å². The van der Waals surface area contributed by atoms with Gasteiger partial charge in [-0.3, -0.25) is 4.79 Å². The Bertz CT molecular complexity index is 963. The van der Waals surface area contributed by atoms with E-state index < -0.39 is 0 Å². The molecule has 5 nitrogen and oxygen atoms in total. The summed E-state index contributed by atoms with van der Waals surface area (Å²) in [5.41, 5.74) is 9.79. The number of nitrogens with two attached hydrogens (primary N) is 1. The fourth-order valence-electron chi connectivity index (χ4n) is 3.33. The first kappa shape index (κ1) is 17.0. The van der Waals surface area contributed by atoms with Crippen molar-refractivity contribution in [1.82, 2.24) is 10.3 Å². The minimum absolute atomic E-state index is 0.0478. The number of pyridine rings is 1. The fourth-order valence-corrected chi connectivity index (χ4v) is 3.33. The van der Waals surface area contributed by atoms with Crippen molar-refractivity contribution < 1.29 is 9.18 Å². The van der Waals surface area contributed by atoms with Gasteiger partial charge in [-0.25, -0.2) is 9.37 Å². The van der Waals surface area contributed by atoms with E-state index >= 15 is 0 Å². The minimum Gasteiger partial charge on any atom is -0.399 e. The monoisotopic (exact) mass is 362 g/mol. The molecule has 0 saturated heterocycles. The second-order valence-corrected chi connectivity index (χ2v) is 6.65. The number of anilines is 3. The maximum absolute atomic E-state index is 13.0. The molecule has 6 heteroatoms. The normalized spacial score (nSPS) is 13.2. The van der Waals surface area contributed by atoms with Gasteiger partial charge in [0.1, 0.15) is 17.3 Å². The summed E-state index contributed by atoms with van der Waals surface area (Å²) in [6, 6.07) is 17.3. The Morgan fingerprint density at radius 2 is 1.70 bits per heavy atom. The lowest BCUT2D eigenvalue weighted by molar-refractivity contribution is 0.0933. The van der Waals surface area contributed by atoms with Gasteiger partial charge in [0, 0.05) is 23.5 Å². The lowest BCUT2D eigenvalue weighted by Gasteiger charge is -2.13. The molecule has 4 N–H and O–H groups in total. The average molecular weight is 362 g/mol. The van der Waals surface area contributed by atoms with Gasteiger partial charge in [0.05, 0.1) is 0 Å². The molecule has 0 aliphatic heterocycles. The van der Waals surface area contributed by atoms with Crippen molar-refractivity contribution in [3.05, 3.63) is 83.3 Å². The molecular weight excluding hydrogens is 343 g/mol. The Morgan fingerprint density at radius 1 is 1.04 bits per heavy atom. The van der Waals surface area contributed by atoms with E-state index in [4.69, 9.17) is 5.73 Å². The third-order valence-electron chi connectivity index (χ3n) is 4.58. The summed E-state index contributed by atoms with van der Waals surface area (Å²) in [6.45, 7) is 0. The quantitative estimate of drug-likeness (QED) is 0.664. The molecule has 1 aromatic heterocycles. The number of aromatic nitrogens is 1. The van der Waals surface area contributed by atoms with Gasteiger partial charge in [0.15, 0.2) is 0 Å². The lowest BCUT2D eigenvalue weighted by atomic mass is 10.1. The highest BCUT2D eigenvalue weighted by atomic mass is 19.1. The van der Waals surface area contributed by atoms with Crippen molar-refractivity contribution in [3.8, 4) is 0 Å². The van der Waals surface area contributed by atoms with Crippen LogP contribution in [0.4, 0.5) is 21.6 Å². The highest BCUT2D eigenvalue weighted by Crippen LogP contribution is 2.22. The van der Waals surface area contributed by atoms with Crippen LogP contribution in [-0.2, 0) is 12.8 Å². The number of nitrogen functional groups attached to an aromatic ring is 1. The second kappa shape index (κ2) is 7.07. The molecule has 1 amide bonds. The number of rotatable bonds is 4. The summed E-state index contributed by atoms with van der Waals surface area (Å²) in [4.78, 5) is 17.0. The summed E-state index contributed by atoms with van der Waals surface area (Å²) in [5.74, 6) is -0.151. The highest BCUT2D eigenvalue weighted by Gasteiger charge is 2.23. The van der Waals surface area contributed by atoms with Gasteiger partial charge in [0.25, 0.3) is 5.91 Å². The zero-order valence-corrected chi connectivity index (χ0v) is 14.6. The van der Waals surface area contributed by atoms with Gasteiger partial charge in [-0.2, -0.15) is 0 Å². The maximum Gasteiger partial charge on any atom is 0.270 e. The van der Waals surface area contributed by atoms with Gasteiger partial charge >= 0.3 is 0 Å². The van der Waals surface area contributed by atoms with E-state index in [1.807, 2.05) is 12.1 Å². The van der Waals surface area contributed by atoms with E-state index in [2.05, 4.69) is 27.8 Å². The Hall–Kier alpha value is -3.41. The SMILES string of the molecule is Nc1cc(Nc2ccc(F)cc2)nc(C(=O)NC2Cc3ccccc3C2)c1. The van der Waals surface area contributed by atoms with Crippen LogP contribution in [-0.4, -0.2) is 16.9 Å². The predicted molar refractivity (Wildman–Crippen MR) is 103 cm³/mol. The van der Waals surface area contributed by atoms with E-state index in [0.717, 1.165) is 12.8 Å². The Morgan fingerprint density at radius 3 is 2.37 bits per heavy atom. The molecule has 0 fully saturated rings. The Labute approximate surface area is 156 Å². The van der Waals surface area contributed by atoms with Crippen molar-refractivity contribution in [2.45, 2.75) is 18.9 Å². The van der Waals surface area contributed by atoms with E-state index in [-0.39, 0.29) is 23.5 Å². The summed E-state index contributed by atoms with van der Waals surface area (Å²) >= 11 is 0. The van der Waals surface area contributed by atoms with Crippen LogP contribution in [0, 0.1) is 5.82 Å². The molecule has 4 rings (SSSR count). The number of nitrogens with zero attached hydrogens (tertiary/aromatic N) is 1. The molecule has 0 unspecified atom stereocenters. The van der Waals surface area contributed by atoms with E-state index in [1.54, 1.807) is 24.3 Å². The summed E-state index contributed by atoms with van der Waals surface area (Å²) in [7, 11) is 0. The molecule has 1 aliphatic rings. The third kappa shape index (κ3) is 3.89.